The van der Waals surface area contributed by atoms with Crippen molar-refractivity contribution in [3.05, 3.63) is 75.9 Å². The van der Waals surface area contributed by atoms with Crippen molar-refractivity contribution in [1.29, 1.82) is 0 Å². The van der Waals surface area contributed by atoms with Crippen molar-refractivity contribution >= 4 is 5.95 Å². The Kier molecular flexibility index (Phi) is 6.08. The molecule has 1 unspecified atom stereocenters. The first-order chi connectivity index (χ1) is 13.1. The van der Waals surface area contributed by atoms with Crippen LogP contribution in [0.2, 0.25) is 0 Å². The standard InChI is InChI=1S/C21H25N3O3/c1-4-27-17-10-11-18(15(2)12-17)22-21-23-20(25)19(26-3)14-24(21)13-16-8-6-5-7-9-16/h5-11,14,17H,4,12-13H2,1-3H3,(H,22,23,25). The molecule has 1 aliphatic rings. The van der Waals surface area contributed by atoms with E-state index in [-0.39, 0.29) is 11.9 Å². The molecule has 6 nitrogen and oxygen atoms in total. The predicted molar refractivity (Wildman–Crippen MR) is 106 cm³/mol. The van der Waals surface area contributed by atoms with Crippen LogP contribution < -0.4 is 15.6 Å². The molecule has 0 saturated carbocycles. The van der Waals surface area contributed by atoms with Gasteiger partial charge in [0, 0.05) is 18.7 Å². The number of nitrogens with one attached hydrogen (secondary N) is 1. The lowest BCUT2D eigenvalue weighted by Gasteiger charge is -2.22. The zero-order chi connectivity index (χ0) is 19.2. The van der Waals surface area contributed by atoms with Crippen LogP contribution in [0.15, 0.2) is 64.7 Å². The molecule has 1 atom stereocenters. The lowest BCUT2D eigenvalue weighted by molar-refractivity contribution is 0.0955. The predicted octanol–water partition coefficient (Wildman–Crippen LogP) is 3.35. The normalized spacial score (nSPS) is 16.5. The maximum Gasteiger partial charge on any atom is 0.316 e. The summed E-state index contributed by atoms with van der Waals surface area (Å²) in [7, 11) is 1.47. The van der Waals surface area contributed by atoms with E-state index in [2.05, 4.69) is 17.2 Å². The van der Waals surface area contributed by atoms with E-state index in [9.17, 15) is 4.79 Å². The van der Waals surface area contributed by atoms with Crippen molar-refractivity contribution in [3.63, 3.8) is 0 Å². The molecule has 0 radical (unpaired) electrons. The highest BCUT2D eigenvalue weighted by Gasteiger charge is 2.16. The third-order valence-corrected chi connectivity index (χ3v) is 4.45. The van der Waals surface area contributed by atoms with Crippen LogP contribution in [0.4, 0.5) is 5.95 Å². The Morgan fingerprint density at radius 1 is 1.30 bits per heavy atom. The van der Waals surface area contributed by atoms with Gasteiger partial charge in [0.05, 0.1) is 26.0 Å². The van der Waals surface area contributed by atoms with E-state index in [1.54, 1.807) is 6.20 Å². The van der Waals surface area contributed by atoms with E-state index in [0.717, 1.165) is 23.3 Å². The highest BCUT2D eigenvalue weighted by Crippen LogP contribution is 2.22. The Labute approximate surface area is 159 Å². The minimum Gasteiger partial charge on any atom is -0.490 e. The fourth-order valence-electron chi connectivity index (χ4n) is 3.04. The second-order valence-electron chi connectivity index (χ2n) is 6.43. The minimum atomic E-state index is -0.394. The highest BCUT2D eigenvalue weighted by molar-refractivity contribution is 5.46. The molecule has 0 amide bonds. The summed E-state index contributed by atoms with van der Waals surface area (Å²) >= 11 is 0. The van der Waals surface area contributed by atoms with Crippen LogP contribution in [0.5, 0.6) is 5.75 Å². The topological polar surface area (TPSA) is 65.4 Å². The lowest BCUT2D eigenvalue weighted by atomic mass is 10.0. The van der Waals surface area contributed by atoms with Gasteiger partial charge in [-0.2, -0.15) is 4.98 Å². The molecule has 0 saturated heterocycles. The number of anilines is 1. The van der Waals surface area contributed by atoms with Gasteiger partial charge in [-0.15, -0.1) is 0 Å². The van der Waals surface area contributed by atoms with Crippen LogP contribution in [0.3, 0.4) is 0 Å². The molecule has 1 aliphatic carbocycles. The number of aromatic nitrogens is 2. The molecule has 27 heavy (non-hydrogen) atoms. The zero-order valence-electron chi connectivity index (χ0n) is 15.9. The Morgan fingerprint density at radius 2 is 2.07 bits per heavy atom. The van der Waals surface area contributed by atoms with Gasteiger partial charge in [-0.05, 0) is 31.1 Å². The molecule has 1 aromatic heterocycles. The quantitative estimate of drug-likeness (QED) is 0.813. The molecule has 3 rings (SSSR count). The van der Waals surface area contributed by atoms with E-state index >= 15 is 0 Å². The van der Waals surface area contributed by atoms with Crippen molar-refractivity contribution in [2.75, 3.05) is 19.0 Å². The van der Waals surface area contributed by atoms with E-state index < -0.39 is 5.56 Å². The van der Waals surface area contributed by atoms with Gasteiger partial charge < -0.3 is 19.4 Å². The third-order valence-electron chi connectivity index (χ3n) is 4.45. The molecule has 6 heteroatoms. The van der Waals surface area contributed by atoms with Gasteiger partial charge in [-0.1, -0.05) is 36.4 Å². The first-order valence-electron chi connectivity index (χ1n) is 9.06. The van der Waals surface area contributed by atoms with Gasteiger partial charge >= 0.3 is 5.56 Å². The van der Waals surface area contributed by atoms with Gasteiger partial charge in [-0.3, -0.25) is 4.79 Å². The summed E-state index contributed by atoms with van der Waals surface area (Å²) in [5.74, 6) is 0.705. The van der Waals surface area contributed by atoms with Crippen LogP contribution >= 0.6 is 0 Å². The highest BCUT2D eigenvalue weighted by atomic mass is 16.5. The van der Waals surface area contributed by atoms with Crippen molar-refractivity contribution in [2.45, 2.75) is 32.9 Å². The van der Waals surface area contributed by atoms with Crippen molar-refractivity contribution in [2.24, 2.45) is 0 Å². The SMILES string of the molecule is CCOC1C=CC(Nc2nc(=O)c(OC)cn2Cc2ccccc2)=C(C)C1. The Balaban J connectivity index is 1.90. The molecule has 0 aliphatic heterocycles. The van der Waals surface area contributed by atoms with Crippen molar-refractivity contribution in [3.8, 4) is 5.75 Å². The number of ether oxygens (including phenoxy) is 2. The summed E-state index contributed by atoms with van der Waals surface area (Å²) < 4.78 is 12.7. The number of hydrogen-bond donors (Lipinski definition) is 1. The first kappa shape index (κ1) is 18.9. The lowest BCUT2D eigenvalue weighted by Crippen LogP contribution is -2.22. The average molecular weight is 367 g/mol. The average Bonchev–Trinajstić information content (AvgIpc) is 2.67. The van der Waals surface area contributed by atoms with E-state index in [1.165, 1.54) is 7.11 Å². The van der Waals surface area contributed by atoms with Gasteiger partial charge in [0.2, 0.25) is 11.7 Å². The van der Waals surface area contributed by atoms with Crippen molar-refractivity contribution < 1.29 is 9.47 Å². The molecule has 0 spiro atoms. The maximum atomic E-state index is 12.2. The van der Waals surface area contributed by atoms with Crippen LogP contribution in [0.25, 0.3) is 0 Å². The van der Waals surface area contributed by atoms with Gasteiger partial charge in [-0.25, -0.2) is 0 Å². The smallest absolute Gasteiger partial charge is 0.316 e. The van der Waals surface area contributed by atoms with Crippen LogP contribution in [0.1, 0.15) is 25.8 Å². The zero-order valence-corrected chi connectivity index (χ0v) is 15.9. The second-order valence-corrected chi connectivity index (χ2v) is 6.43. The number of methoxy groups -OCH3 is 1. The summed E-state index contributed by atoms with van der Waals surface area (Å²) in [6.45, 7) is 5.30. The number of nitrogens with zero attached hydrogens (tertiary/aromatic N) is 2. The van der Waals surface area contributed by atoms with E-state index in [4.69, 9.17) is 9.47 Å². The van der Waals surface area contributed by atoms with E-state index in [1.807, 2.05) is 54.0 Å². The molecule has 0 fully saturated rings. The fourth-order valence-corrected chi connectivity index (χ4v) is 3.04. The maximum absolute atomic E-state index is 12.2. The number of rotatable bonds is 7. The molecular weight excluding hydrogens is 342 g/mol. The van der Waals surface area contributed by atoms with Crippen LogP contribution in [-0.4, -0.2) is 29.4 Å². The Bertz CT molecular complexity index is 901. The van der Waals surface area contributed by atoms with Gasteiger partial charge in [0.15, 0.2) is 0 Å². The summed E-state index contributed by atoms with van der Waals surface area (Å²) in [5.41, 5.74) is 2.81. The van der Waals surface area contributed by atoms with Gasteiger partial charge in [0.1, 0.15) is 0 Å². The van der Waals surface area contributed by atoms with E-state index in [0.29, 0.717) is 19.1 Å². The summed E-state index contributed by atoms with van der Waals surface area (Å²) in [5, 5.41) is 3.31. The Hall–Kier alpha value is -2.86. The minimum absolute atomic E-state index is 0.0934. The molecule has 142 valence electrons. The van der Waals surface area contributed by atoms with Crippen LogP contribution in [0, 0.1) is 0 Å². The molecule has 1 N–H and O–H groups in total. The molecule has 0 bridgehead atoms. The third kappa shape index (κ3) is 4.65. The number of benzene rings is 1. The van der Waals surface area contributed by atoms with Crippen molar-refractivity contribution in [1.82, 2.24) is 9.55 Å². The largest absolute Gasteiger partial charge is 0.490 e. The van der Waals surface area contributed by atoms with Crippen LogP contribution in [-0.2, 0) is 11.3 Å². The molecule has 1 heterocycles. The van der Waals surface area contributed by atoms with Gasteiger partial charge in [0.25, 0.3) is 0 Å². The first-order valence-corrected chi connectivity index (χ1v) is 9.06. The Morgan fingerprint density at radius 3 is 2.74 bits per heavy atom. The fraction of sp³-hybridized carbons (Fsp3) is 0.333. The molecular formula is C21H25N3O3. The molecule has 1 aromatic carbocycles. The summed E-state index contributed by atoms with van der Waals surface area (Å²) in [4.78, 5) is 16.4. The monoisotopic (exact) mass is 367 g/mol. The number of hydrogen-bond acceptors (Lipinski definition) is 5. The number of allylic oxidation sites excluding steroid dienone is 1. The second kappa shape index (κ2) is 8.68. The molecule has 2 aromatic rings. The summed E-state index contributed by atoms with van der Waals surface area (Å²) in [6, 6.07) is 10.0. The summed E-state index contributed by atoms with van der Waals surface area (Å²) in [6.07, 6.45) is 6.61.